The average molecular weight is 283 g/mol. The summed E-state index contributed by atoms with van der Waals surface area (Å²) in [6.07, 6.45) is 1.57. The van der Waals surface area contributed by atoms with E-state index in [2.05, 4.69) is 20.1 Å². The Labute approximate surface area is 122 Å². The molecule has 0 aromatic carbocycles. The van der Waals surface area contributed by atoms with Gasteiger partial charge in [0.15, 0.2) is 5.82 Å². The van der Waals surface area contributed by atoms with Crippen molar-refractivity contribution in [2.45, 2.75) is 27.3 Å². The first-order valence-electron chi connectivity index (χ1n) is 6.77. The number of nitrogens with zero attached hydrogens (tertiary/aromatic N) is 5. The van der Waals surface area contributed by atoms with Crippen LogP contribution in [-0.4, -0.2) is 27.2 Å². The molecule has 0 radical (unpaired) electrons. The number of aromatic nitrogens is 4. The Hall–Kier alpha value is -2.50. The van der Waals surface area contributed by atoms with Crippen molar-refractivity contribution in [1.82, 2.24) is 20.1 Å². The molecule has 108 valence electrons. The van der Waals surface area contributed by atoms with Crippen molar-refractivity contribution >= 4 is 16.9 Å². The molecule has 0 fully saturated rings. The maximum atomic E-state index is 5.21. The van der Waals surface area contributed by atoms with E-state index in [9.17, 15) is 0 Å². The highest BCUT2D eigenvalue weighted by Gasteiger charge is 2.15. The van der Waals surface area contributed by atoms with E-state index in [1.165, 1.54) is 0 Å². The van der Waals surface area contributed by atoms with Crippen molar-refractivity contribution in [3.8, 4) is 0 Å². The molecule has 0 aliphatic heterocycles. The van der Waals surface area contributed by atoms with E-state index in [1.54, 1.807) is 6.33 Å². The Morgan fingerprint density at radius 1 is 1.14 bits per heavy atom. The van der Waals surface area contributed by atoms with Crippen LogP contribution in [-0.2, 0) is 6.54 Å². The third-order valence-corrected chi connectivity index (χ3v) is 3.54. The van der Waals surface area contributed by atoms with Crippen molar-refractivity contribution in [2.24, 2.45) is 0 Å². The van der Waals surface area contributed by atoms with Crippen LogP contribution in [0.3, 0.4) is 0 Å². The van der Waals surface area contributed by atoms with E-state index >= 15 is 0 Å². The molecule has 0 saturated heterocycles. The number of hydrogen-bond donors (Lipinski definition) is 0. The summed E-state index contributed by atoms with van der Waals surface area (Å²) in [5.41, 5.74) is 4.59. The molecule has 0 unspecified atom stereocenters. The van der Waals surface area contributed by atoms with Gasteiger partial charge in [-0.05, 0) is 32.9 Å². The van der Waals surface area contributed by atoms with Crippen LogP contribution in [0, 0.1) is 20.8 Å². The Kier molecular flexibility index (Phi) is 3.29. The normalized spacial score (nSPS) is 11.0. The molecule has 0 aliphatic rings. The molecular weight excluding hydrogens is 266 g/mol. The summed E-state index contributed by atoms with van der Waals surface area (Å²) >= 11 is 0. The van der Waals surface area contributed by atoms with Crippen LogP contribution in [0.15, 0.2) is 23.0 Å². The summed E-state index contributed by atoms with van der Waals surface area (Å²) in [5, 5.41) is 3.99. The van der Waals surface area contributed by atoms with Crippen LogP contribution < -0.4 is 4.90 Å². The summed E-state index contributed by atoms with van der Waals surface area (Å²) in [6, 6.07) is 3.92. The Bertz CT molecular complexity index is 776. The highest BCUT2D eigenvalue weighted by atomic mass is 16.5. The van der Waals surface area contributed by atoms with Gasteiger partial charge in [-0.2, -0.15) is 0 Å². The predicted octanol–water partition coefficient (Wildman–Crippen LogP) is 2.57. The molecule has 6 nitrogen and oxygen atoms in total. The van der Waals surface area contributed by atoms with Crippen molar-refractivity contribution in [2.75, 3.05) is 11.9 Å². The average Bonchev–Trinajstić information content (AvgIpc) is 2.78. The highest BCUT2D eigenvalue weighted by molar-refractivity contribution is 5.85. The van der Waals surface area contributed by atoms with E-state index in [4.69, 9.17) is 4.52 Å². The predicted molar refractivity (Wildman–Crippen MR) is 80.2 cm³/mol. The van der Waals surface area contributed by atoms with Crippen molar-refractivity contribution < 1.29 is 4.52 Å². The van der Waals surface area contributed by atoms with Crippen LogP contribution in [0.25, 0.3) is 11.0 Å². The van der Waals surface area contributed by atoms with Crippen LogP contribution >= 0.6 is 0 Å². The van der Waals surface area contributed by atoms with Crippen molar-refractivity contribution in [3.63, 3.8) is 0 Å². The lowest BCUT2D eigenvalue weighted by molar-refractivity contribution is 0.392. The molecule has 0 spiro atoms. The fourth-order valence-electron chi connectivity index (χ4n) is 2.34. The molecule has 3 aromatic heterocycles. The van der Waals surface area contributed by atoms with Gasteiger partial charge in [0, 0.05) is 24.8 Å². The minimum absolute atomic E-state index is 0.670. The Morgan fingerprint density at radius 3 is 2.67 bits per heavy atom. The lowest BCUT2D eigenvalue weighted by atomic mass is 10.2. The highest BCUT2D eigenvalue weighted by Crippen LogP contribution is 2.23. The zero-order chi connectivity index (χ0) is 15.0. The molecule has 0 N–H and O–H groups in total. The van der Waals surface area contributed by atoms with Crippen LogP contribution in [0.2, 0.25) is 0 Å². The maximum Gasteiger partial charge on any atom is 0.158 e. The molecule has 0 atom stereocenters. The molecule has 6 heteroatoms. The third kappa shape index (κ3) is 2.44. The largest absolute Gasteiger partial charge is 0.361 e. The van der Waals surface area contributed by atoms with Crippen LogP contribution in [0.5, 0.6) is 0 Å². The Morgan fingerprint density at radius 2 is 1.95 bits per heavy atom. The first kappa shape index (κ1) is 13.5. The second-order valence-electron chi connectivity index (χ2n) is 5.18. The standard InChI is InChI=1S/C15H17N5O/c1-9-5-6-13-14(18-9)15(17-8-16-13)20(4)7-12-10(2)19-21-11(12)3/h5-6,8H,7H2,1-4H3. The monoisotopic (exact) mass is 283 g/mol. The smallest absolute Gasteiger partial charge is 0.158 e. The molecule has 3 heterocycles. The summed E-state index contributed by atoms with van der Waals surface area (Å²) < 4.78 is 5.21. The van der Waals surface area contributed by atoms with Gasteiger partial charge in [-0.25, -0.2) is 15.0 Å². The number of rotatable bonds is 3. The zero-order valence-corrected chi connectivity index (χ0v) is 12.6. The van der Waals surface area contributed by atoms with Crippen LogP contribution in [0.1, 0.15) is 22.7 Å². The third-order valence-electron chi connectivity index (χ3n) is 3.54. The van der Waals surface area contributed by atoms with Gasteiger partial charge in [-0.3, -0.25) is 0 Å². The van der Waals surface area contributed by atoms with E-state index in [0.29, 0.717) is 6.54 Å². The number of anilines is 1. The lowest BCUT2D eigenvalue weighted by Gasteiger charge is -2.19. The first-order valence-corrected chi connectivity index (χ1v) is 6.77. The number of aryl methyl sites for hydroxylation is 3. The lowest BCUT2D eigenvalue weighted by Crippen LogP contribution is -2.19. The zero-order valence-electron chi connectivity index (χ0n) is 12.6. The SMILES string of the molecule is Cc1ccc2ncnc(N(C)Cc3c(C)noc3C)c2n1. The van der Waals surface area contributed by atoms with Gasteiger partial charge in [0.2, 0.25) is 0 Å². The van der Waals surface area contributed by atoms with E-state index < -0.39 is 0 Å². The van der Waals surface area contributed by atoms with Crippen molar-refractivity contribution in [1.29, 1.82) is 0 Å². The van der Waals surface area contributed by atoms with E-state index in [0.717, 1.165) is 39.6 Å². The molecule has 3 aromatic rings. The maximum absolute atomic E-state index is 5.21. The molecule has 21 heavy (non-hydrogen) atoms. The molecular formula is C15H17N5O. The molecule has 0 aliphatic carbocycles. The van der Waals surface area contributed by atoms with Crippen LogP contribution in [0.4, 0.5) is 5.82 Å². The molecule has 0 bridgehead atoms. The number of hydrogen-bond acceptors (Lipinski definition) is 6. The minimum Gasteiger partial charge on any atom is -0.361 e. The van der Waals surface area contributed by atoms with Gasteiger partial charge in [0.05, 0.1) is 11.2 Å². The quantitative estimate of drug-likeness (QED) is 0.736. The van der Waals surface area contributed by atoms with Crippen molar-refractivity contribution in [3.05, 3.63) is 41.2 Å². The van der Waals surface area contributed by atoms with Gasteiger partial charge >= 0.3 is 0 Å². The van der Waals surface area contributed by atoms with Gasteiger partial charge < -0.3 is 9.42 Å². The Balaban J connectivity index is 2.02. The topological polar surface area (TPSA) is 67.9 Å². The van der Waals surface area contributed by atoms with Gasteiger partial charge in [0.25, 0.3) is 0 Å². The first-order chi connectivity index (χ1) is 10.1. The van der Waals surface area contributed by atoms with Gasteiger partial charge in [0.1, 0.15) is 17.6 Å². The fourth-order valence-corrected chi connectivity index (χ4v) is 2.34. The number of fused-ring (bicyclic) bond motifs is 1. The van der Waals surface area contributed by atoms with Gasteiger partial charge in [-0.1, -0.05) is 5.16 Å². The van der Waals surface area contributed by atoms with E-state index in [1.807, 2.05) is 44.9 Å². The summed E-state index contributed by atoms with van der Waals surface area (Å²) in [4.78, 5) is 15.3. The van der Waals surface area contributed by atoms with Gasteiger partial charge in [-0.15, -0.1) is 0 Å². The molecule has 0 amide bonds. The summed E-state index contributed by atoms with van der Waals surface area (Å²) in [6.45, 7) is 6.50. The van der Waals surface area contributed by atoms with E-state index in [-0.39, 0.29) is 0 Å². The minimum atomic E-state index is 0.670. The molecule has 0 saturated carbocycles. The second-order valence-corrected chi connectivity index (χ2v) is 5.18. The summed E-state index contributed by atoms with van der Waals surface area (Å²) in [5.74, 6) is 1.64. The summed E-state index contributed by atoms with van der Waals surface area (Å²) in [7, 11) is 1.98. The fraction of sp³-hybridized carbons (Fsp3) is 0.333. The second kappa shape index (κ2) is 5.12. The molecule has 3 rings (SSSR count). The number of pyridine rings is 1.